The zero-order valence-electron chi connectivity index (χ0n) is 19.6. The molecule has 4 rings (SSSR count). The minimum Gasteiger partial charge on any atom is -0.490 e. The molecule has 6 nitrogen and oxygen atoms in total. The number of carbonyl (C=O) groups is 1. The Hall–Kier alpha value is -3.38. The molecule has 178 valence electrons. The molecule has 1 saturated heterocycles. The van der Waals surface area contributed by atoms with E-state index in [-0.39, 0.29) is 12.0 Å². The lowest BCUT2D eigenvalue weighted by Gasteiger charge is -2.37. The standard InChI is InChI=1S/C28H32N2O4/c1-2-33-27-18-23(11-12-26(27)34-20-21-8-4-3-5-9-21)25(19-24-10-6-7-15-29-24)30-16-13-22(14-17-30)28(31)32/h3-12,15,18,22,25H,2,13-14,16-17,19-20H2,1H3,(H,31,32). The number of hydrogen-bond acceptors (Lipinski definition) is 5. The maximum atomic E-state index is 11.5. The van der Waals surface area contributed by atoms with E-state index in [9.17, 15) is 9.90 Å². The molecule has 1 aliphatic rings. The van der Waals surface area contributed by atoms with E-state index < -0.39 is 5.97 Å². The molecule has 0 saturated carbocycles. The molecule has 0 aliphatic carbocycles. The number of ether oxygens (including phenoxy) is 2. The van der Waals surface area contributed by atoms with Gasteiger partial charge in [0, 0.05) is 24.4 Å². The Balaban J connectivity index is 1.57. The normalized spacial score (nSPS) is 15.6. The molecule has 0 spiro atoms. The molecule has 1 fully saturated rings. The van der Waals surface area contributed by atoms with Crippen LogP contribution in [0.2, 0.25) is 0 Å². The summed E-state index contributed by atoms with van der Waals surface area (Å²) in [4.78, 5) is 18.4. The lowest BCUT2D eigenvalue weighted by Crippen LogP contribution is -2.39. The van der Waals surface area contributed by atoms with Crippen LogP contribution in [-0.2, 0) is 17.8 Å². The quantitative estimate of drug-likeness (QED) is 0.452. The average Bonchev–Trinajstić information content (AvgIpc) is 2.88. The Labute approximate surface area is 201 Å². The molecule has 2 heterocycles. The topological polar surface area (TPSA) is 71.9 Å². The van der Waals surface area contributed by atoms with Crippen LogP contribution in [0.3, 0.4) is 0 Å². The largest absolute Gasteiger partial charge is 0.490 e. The van der Waals surface area contributed by atoms with Crippen LogP contribution in [0.4, 0.5) is 0 Å². The van der Waals surface area contributed by atoms with Crippen LogP contribution >= 0.6 is 0 Å². The van der Waals surface area contributed by atoms with E-state index >= 15 is 0 Å². The molecule has 1 aromatic heterocycles. The van der Waals surface area contributed by atoms with Crippen LogP contribution in [0.15, 0.2) is 72.9 Å². The number of carboxylic acids is 1. The molecule has 1 unspecified atom stereocenters. The maximum absolute atomic E-state index is 11.5. The molecule has 0 radical (unpaired) electrons. The van der Waals surface area contributed by atoms with E-state index in [1.165, 1.54) is 0 Å². The third-order valence-corrected chi connectivity index (χ3v) is 6.34. The fourth-order valence-electron chi connectivity index (χ4n) is 4.49. The average molecular weight is 461 g/mol. The van der Waals surface area contributed by atoms with Crippen LogP contribution < -0.4 is 9.47 Å². The fraction of sp³-hybridized carbons (Fsp3) is 0.357. The number of aliphatic carboxylic acids is 1. The number of likely N-dealkylation sites (tertiary alicyclic amines) is 1. The maximum Gasteiger partial charge on any atom is 0.306 e. The summed E-state index contributed by atoms with van der Waals surface area (Å²) in [5.74, 6) is 0.483. The number of carboxylic acid groups (broad SMARTS) is 1. The van der Waals surface area contributed by atoms with Gasteiger partial charge in [-0.05, 0) is 68.2 Å². The molecule has 3 aromatic rings. The van der Waals surface area contributed by atoms with Crippen molar-refractivity contribution in [1.29, 1.82) is 0 Å². The molecular formula is C28H32N2O4. The van der Waals surface area contributed by atoms with Gasteiger partial charge in [0.1, 0.15) is 6.61 Å². The van der Waals surface area contributed by atoms with Crippen molar-refractivity contribution in [3.8, 4) is 11.5 Å². The van der Waals surface area contributed by atoms with Gasteiger partial charge in [-0.1, -0.05) is 42.5 Å². The summed E-state index contributed by atoms with van der Waals surface area (Å²) in [6.45, 7) is 4.46. The van der Waals surface area contributed by atoms with Crippen molar-refractivity contribution in [2.24, 2.45) is 5.92 Å². The molecule has 2 aromatic carbocycles. The predicted molar refractivity (Wildman–Crippen MR) is 131 cm³/mol. The first-order valence-corrected chi connectivity index (χ1v) is 11.9. The summed E-state index contributed by atoms with van der Waals surface area (Å²) < 4.78 is 12.1. The molecule has 1 N–H and O–H groups in total. The lowest BCUT2D eigenvalue weighted by molar-refractivity contribution is -0.143. The van der Waals surface area contributed by atoms with Crippen molar-refractivity contribution in [2.45, 2.75) is 38.8 Å². The first-order chi connectivity index (χ1) is 16.6. The summed E-state index contributed by atoms with van der Waals surface area (Å²) >= 11 is 0. The van der Waals surface area contributed by atoms with Crippen molar-refractivity contribution in [3.05, 3.63) is 89.7 Å². The minimum absolute atomic E-state index is 0.0759. The van der Waals surface area contributed by atoms with Crippen molar-refractivity contribution in [3.63, 3.8) is 0 Å². The highest BCUT2D eigenvalue weighted by Gasteiger charge is 2.30. The smallest absolute Gasteiger partial charge is 0.306 e. The number of aromatic nitrogens is 1. The van der Waals surface area contributed by atoms with Crippen LogP contribution in [0.5, 0.6) is 11.5 Å². The van der Waals surface area contributed by atoms with Gasteiger partial charge in [-0.3, -0.25) is 14.7 Å². The van der Waals surface area contributed by atoms with Gasteiger partial charge in [-0.2, -0.15) is 0 Å². The highest BCUT2D eigenvalue weighted by molar-refractivity contribution is 5.70. The molecule has 0 bridgehead atoms. The summed E-state index contributed by atoms with van der Waals surface area (Å²) in [7, 11) is 0. The molecule has 1 atom stereocenters. The van der Waals surface area contributed by atoms with Gasteiger partial charge in [-0.15, -0.1) is 0 Å². The van der Waals surface area contributed by atoms with Gasteiger partial charge in [-0.25, -0.2) is 0 Å². The van der Waals surface area contributed by atoms with E-state index in [4.69, 9.17) is 9.47 Å². The molecule has 6 heteroatoms. The van der Waals surface area contributed by atoms with E-state index in [1.807, 2.05) is 67.7 Å². The zero-order valence-corrected chi connectivity index (χ0v) is 19.6. The molecule has 1 aliphatic heterocycles. The van der Waals surface area contributed by atoms with Gasteiger partial charge in [0.15, 0.2) is 11.5 Å². The SMILES string of the molecule is CCOc1cc(C(Cc2ccccn2)N2CCC(C(=O)O)CC2)ccc1OCc1ccccc1. The van der Waals surface area contributed by atoms with Gasteiger partial charge in [0.2, 0.25) is 0 Å². The Kier molecular flexibility index (Phi) is 8.15. The Morgan fingerprint density at radius 2 is 1.79 bits per heavy atom. The van der Waals surface area contributed by atoms with Crippen LogP contribution in [-0.4, -0.2) is 40.7 Å². The van der Waals surface area contributed by atoms with Crippen molar-refractivity contribution in [1.82, 2.24) is 9.88 Å². The second-order valence-corrected chi connectivity index (χ2v) is 8.60. The monoisotopic (exact) mass is 460 g/mol. The van der Waals surface area contributed by atoms with E-state index in [1.54, 1.807) is 0 Å². The van der Waals surface area contributed by atoms with E-state index in [0.29, 0.717) is 26.1 Å². The first kappa shape index (κ1) is 23.8. The van der Waals surface area contributed by atoms with Crippen molar-refractivity contribution < 1.29 is 19.4 Å². The second-order valence-electron chi connectivity index (χ2n) is 8.60. The molecule has 0 amide bonds. The van der Waals surface area contributed by atoms with E-state index in [0.717, 1.165) is 47.8 Å². The number of piperidine rings is 1. The highest BCUT2D eigenvalue weighted by Crippen LogP contribution is 2.36. The summed E-state index contributed by atoms with van der Waals surface area (Å²) in [5, 5.41) is 9.42. The van der Waals surface area contributed by atoms with Crippen LogP contribution in [0.25, 0.3) is 0 Å². The third-order valence-electron chi connectivity index (χ3n) is 6.34. The van der Waals surface area contributed by atoms with Crippen molar-refractivity contribution >= 4 is 5.97 Å². The van der Waals surface area contributed by atoms with Gasteiger partial charge in [0.05, 0.1) is 12.5 Å². The van der Waals surface area contributed by atoms with Crippen LogP contribution in [0.1, 0.15) is 42.6 Å². The van der Waals surface area contributed by atoms with Gasteiger partial charge in [0.25, 0.3) is 0 Å². The lowest BCUT2D eigenvalue weighted by atomic mass is 9.92. The summed E-state index contributed by atoms with van der Waals surface area (Å²) in [6.07, 6.45) is 3.87. The number of hydrogen-bond donors (Lipinski definition) is 1. The highest BCUT2D eigenvalue weighted by atomic mass is 16.5. The summed E-state index contributed by atoms with van der Waals surface area (Å²) in [5.41, 5.74) is 3.23. The number of pyridine rings is 1. The third kappa shape index (κ3) is 6.14. The van der Waals surface area contributed by atoms with Gasteiger partial charge >= 0.3 is 5.97 Å². The van der Waals surface area contributed by atoms with Crippen LogP contribution in [0, 0.1) is 5.92 Å². The van der Waals surface area contributed by atoms with Crippen molar-refractivity contribution in [2.75, 3.05) is 19.7 Å². The Morgan fingerprint density at radius 1 is 1.03 bits per heavy atom. The Bertz CT molecular complexity index is 1050. The first-order valence-electron chi connectivity index (χ1n) is 11.9. The minimum atomic E-state index is -0.695. The molecular weight excluding hydrogens is 428 g/mol. The number of benzene rings is 2. The zero-order chi connectivity index (χ0) is 23.8. The Morgan fingerprint density at radius 3 is 2.47 bits per heavy atom. The molecule has 34 heavy (non-hydrogen) atoms. The predicted octanol–water partition coefficient (Wildman–Crippen LogP) is 5.14. The fourth-order valence-corrected chi connectivity index (χ4v) is 4.49. The number of nitrogens with zero attached hydrogens (tertiary/aromatic N) is 2. The van der Waals surface area contributed by atoms with E-state index in [2.05, 4.69) is 22.0 Å². The number of rotatable bonds is 10. The van der Waals surface area contributed by atoms with Gasteiger partial charge < -0.3 is 14.6 Å². The second kappa shape index (κ2) is 11.7. The summed E-state index contributed by atoms with van der Waals surface area (Å²) in [6, 6.07) is 22.3.